The predicted octanol–water partition coefficient (Wildman–Crippen LogP) is 9.07. The van der Waals surface area contributed by atoms with Gasteiger partial charge in [-0.05, 0) is 91.3 Å². The second kappa shape index (κ2) is 13.3. The number of aryl methyl sites for hydroxylation is 2. The Morgan fingerprint density at radius 2 is 1.64 bits per heavy atom. The van der Waals surface area contributed by atoms with Crippen molar-refractivity contribution in [1.82, 2.24) is 9.99 Å². The van der Waals surface area contributed by atoms with Gasteiger partial charge in [-0.25, -0.2) is 5.43 Å². The maximum absolute atomic E-state index is 12.8. The number of ether oxygens (including phenoxy) is 2. The van der Waals surface area contributed by atoms with Crippen molar-refractivity contribution in [3.05, 3.63) is 147 Å². The van der Waals surface area contributed by atoms with Crippen LogP contribution in [0.4, 0.5) is 0 Å². The molecule has 0 bridgehead atoms. The first-order valence-electron chi connectivity index (χ1n) is 14.2. The Bertz CT molecular complexity index is 1990. The number of amides is 1. The van der Waals surface area contributed by atoms with Crippen LogP contribution in [-0.4, -0.2) is 16.7 Å². The third-order valence-corrected chi connectivity index (χ3v) is 7.91. The maximum Gasteiger partial charge on any atom is 0.307 e. The highest BCUT2D eigenvalue weighted by atomic mass is 35.5. The molecular formula is C36H29Cl2N3O4. The normalized spacial score (nSPS) is 11.3. The lowest BCUT2D eigenvalue weighted by molar-refractivity contribution is 0.0923. The molecule has 2 aromatic heterocycles. The number of halogens is 2. The van der Waals surface area contributed by atoms with Gasteiger partial charge in [0.15, 0.2) is 5.76 Å². The Balaban J connectivity index is 1.10. The predicted molar refractivity (Wildman–Crippen MR) is 178 cm³/mol. The Morgan fingerprint density at radius 1 is 0.867 bits per heavy atom. The number of hydrogen-bond acceptors (Lipinski definition) is 5. The lowest BCUT2D eigenvalue weighted by atomic mass is 10.0. The zero-order valence-electron chi connectivity index (χ0n) is 24.6. The summed E-state index contributed by atoms with van der Waals surface area (Å²) in [5.74, 6) is 1.42. The minimum atomic E-state index is -0.491. The molecule has 1 N–H and O–H groups in total. The van der Waals surface area contributed by atoms with E-state index in [-0.39, 0.29) is 19.0 Å². The number of nitrogens with one attached hydrogen (secondary N) is 1. The van der Waals surface area contributed by atoms with Crippen LogP contribution >= 0.6 is 23.2 Å². The molecule has 226 valence electrons. The topological polar surface area (TPSA) is 78.0 Å². The number of hydrazone groups is 1. The molecule has 6 rings (SSSR count). The lowest BCUT2D eigenvalue weighted by Gasteiger charge is -2.13. The van der Waals surface area contributed by atoms with E-state index >= 15 is 0 Å². The summed E-state index contributed by atoms with van der Waals surface area (Å²) < 4.78 is 19.9. The molecule has 7 nitrogen and oxygen atoms in total. The molecule has 1 amide bonds. The van der Waals surface area contributed by atoms with Crippen LogP contribution in [0.3, 0.4) is 0 Å². The van der Waals surface area contributed by atoms with Gasteiger partial charge in [-0.2, -0.15) is 5.10 Å². The fourth-order valence-corrected chi connectivity index (χ4v) is 5.50. The van der Waals surface area contributed by atoms with Crippen LogP contribution in [0.1, 0.15) is 38.8 Å². The molecular weight excluding hydrogens is 609 g/mol. The molecule has 45 heavy (non-hydrogen) atoms. The van der Waals surface area contributed by atoms with Gasteiger partial charge in [0.05, 0.1) is 6.21 Å². The monoisotopic (exact) mass is 637 g/mol. The molecule has 2 heterocycles. The van der Waals surface area contributed by atoms with Crippen LogP contribution in [-0.2, 0) is 13.2 Å². The fraction of sp³-hybridized carbons (Fsp3) is 0.111. The van der Waals surface area contributed by atoms with E-state index < -0.39 is 5.91 Å². The number of furan rings is 1. The number of nitrogens with zero attached hydrogens (tertiary/aromatic N) is 2. The molecule has 0 fully saturated rings. The van der Waals surface area contributed by atoms with Gasteiger partial charge in [-0.3, -0.25) is 4.79 Å². The average Bonchev–Trinajstić information content (AvgIpc) is 3.66. The Kier molecular flexibility index (Phi) is 8.91. The number of hydrogen-bond donors (Lipinski definition) is 1. The van der Waals surface area contributed by atoms with Crippen LogP contribution < -0.4 is 14.9 Å². The summed E-state index contributed by atoms with van der Waals surface area (Å²) in [6.45, 7) is 4.55. The SMILES string of the molecule is Cc1ccc(C)n1-c1ccc(OCc2ccc(C(=O)N/N=C/c3c(OCc4ccc(Cl)cc4Cl)ccc4ccccc34)o2)cc1. The van der Waals surface area contributed by atoms with Crippen molar-refractivity contribution in [3.8, 4) is 17.2 Å². The van der Waals surface area contributed by atoms with Crippen LogP contribution in [0.2, 0.25) is 10.0 Å². The van der Waals surface area contributed by atoms with E-state index in [1.54, 1.807) is 30.5 Å². The van der Waals surface area contributed by atoms with Gasteiger partial charge in [-0.1, -0.05) is 59.6 Å². The highest BCUT2D eigenvalue weighted by molar-refractivity contribution is 6.35. The lowest BCUT2D eigenvalue weighted by Crippen LogP contribution is -2.17. The van der Waals surface area contributed by atoms with Gasteiger partial charge in [0.1, 0.15) is 30.5 Å². The van der Waals surface area contributed by atoms with Gasteiger partial charge in [0, 0.05) is 38.2 Å². The van der Waals surface area contributed by atoms with E-state index in [4.69, 9.17) is 37.1 Å². The Labute approximate surface area is 270 Å². The Hall–Kier alpha value is -4.98. The molecule has 0 unspecified atom stereocenters. The zero-order valence-corrected chi connectivity index (χ0v) is 26.1. The van der Waals surface area contributed by atoms with Crippen molar-refractivity contribution in [3.63, 3.8) is 0 Å². The number of fused-ring (bicyclic) bond motifs is 1. The molecule has 0 saturated carbocycles. The van der Waals surface area contributed by atoms with Gasteiger partial charge >= 0.3 is 5.91 Å². The smallest absolute Gasteiger partial charge is 0.307 e. The fourth-order valence-electron chi connectivity index (χ4n) is 5.04. The quantitative estimate of drug-likeness (QED) is 0.120. The minimum Gasteiger partial charge on any atom is -0.488 e. The van der Waals surface area contributed by atoms with E-state index in [1.165, 1.54) is 0 Å². The van der Waals surface area contributed by atoms with Crippen LogP contribution in [0.15, 0.2) is 113 Å². The molecule has 0 saturated heterocycles. The molecule has 0 aliphatic rings. The van der Waals surface area contributed by atoms with E-state index in [1.807, 2.05) is 66.7 Å². The molecule has 0 aliphatic carbocycles. The summed E-state index contributed by atoms with van der Waals surface area (Å²) >= 11 is 12.4. The third kappa shape index (κ3) is 6.90. The van der Waals surface area contributed by atoms with E-state index in [0.29, 0.717) is 32.9 Å². The largest absolute Gasteiger partial charge is 0.488 e. The molecule has 4 aromatic carbocycles. The van der Waals surface area contributed by atoms with Crippen molar-refractivity contribution in [2.24, 2.45) is 5.10 Å². The van der Waals surface area contributed by atoms with Crippen molar-refractivity contribution in [2.75, 3.05) is 0 Å². The summed E-state index contributed by atoms with van der Waals surface area (Å²) in [7, 11) is 0. The molecule has 0 aliphatic heterocycles. The standard InChI is InChI=1S/C36H29Cl2N3O4/c1-23-7-8-24(2)41(23)28-12-14-29(15-13-28)43-22-30-16-18-35(45-30)36(42)40-39-20-32-31-6-4-3-5-25(31)10-17-34(32)44-21-26-9-11-27(37)19-33(26)38/h3-20H,21-22H2,1-2H3,(H,40,42)/b39-20+. The van der Waals surface area contributed by atoms with Crippen molar-refractivity contribution >= 4 is 46.1 Å². The summed E-state index contributed by atoms with van der Waals surface area (Å²) in [5.41, 5.74) is 7.44. The summed E-state index contributed by atoms with van der Waals surface area (Å²) in [6, 6.07) is 32.3. The maximum atomic E-state index is 12.8. The molecule has 0 spiro atoms. The average molecular weight is 639 g/mol. The number of carbonyl (C=O) groups is 1. The first-order valence-corrected chi connectivity index (χ1v) is 15.0. The van der Waals surface area contributed by atoms with Crippen molar-refractivity contribution in [2.45, 2.75) is 27.1 Å². The second-order valence-corrected chi connectivity index (χ2v) is 11.3. The van der Waals surface area contributed by atoms with E-state index in [9.17, 15) is 4.79 Å². The van der Waals surface area contributed by atoms with Crippen LogP contribution in [0, 0.1) is 13.8 Å². The van der Waals surface area contributed by atoms with Gasteiger partial charge < -0.3 is 18.5 Å². The highest BCUT2D eigenvalue weighted by Gasteiger charge is 2.13. The number of rotatable bonds is 10. The van der Waals surface area contributed by atoms with E-state index in [0.717, 1.165) is 33.4 Å². The molecule has 6 aromatic rings. The zero-order chi connectivity index (χ0) is 31.3. The summed E-state index contributed by atoms with van der Waals surface area (Å²) in [6.07, 6.45) is 1.56. The highest BCUT2D eigenvalue weighted by Crippen LogP contribution is 2.29. The Morgan fingerprint density at radius 3 is 2.42 bits per heavy atom. The number of carbonyl (C=O) groups excluding carboxylic acids is 1. The van der Waals surface area contributed by atoms with Gasteiger partial charge in [0.2, 0.25) is 0 Å². The van der Waals surface area contributed by atoms with Crippen LogP contribution in [0.25, 0.3) is 16.5 Å². The molecule has 0 radical (unpaired) electrons. The number of aromatic nitrogens is 1. The van der Waals surface area contributed by atoms with Crippen molar-refractivity contribution in [1.29, 1.82) is 0 Å². The minimum absolute atomic E-state index is 0.117. The van der Waals surface area contributed by atoms with Gasteiger partial charge in [0.25, 0.3) is 0 Å². The molecule has 0 atom stereocenters. The van der Waals surface area contributed by atoms with E-state index in [2.05, 4.69) is 41.1 Å². The first-order chi connectivity index (χ1) is 21.9. The van der Waals surface area contributed by atoms with Crippen molar-refractivity contribution < 1.29 is 18.7 Å². The second-order valence-electron chi connectivity index (χ2n) is 10.4. The third-order valence-electron chi connectivity index (χ3n) is 7.32. The first kappa shape index (κ1) is 30.1. The summed E-state index contributed by atoms with van der Waals surface area (Å²) in [4.78, 5) is 12.8. The molecule has 9 heteroatoms. The summed E-state index contributed by atoms with van der Waals surface area (Å²) in [5, 5.41) is 7.21. The number of benzene rings is 4. The van der Waals surface area contributed by atoms with Gasteiger partial charge in [-0.15, -0.1) is 0 Å². The van der Waals surface area contributed by atoms with Crippen LogP contribution in [0.5, 0.6) is 11.5 Å².